The molecule has 0 aliphatic carbocycles. The van der Waals surface area contributed by atoms with Crippen molar-refractivity contribution in [1.29, 1.82) is 0 Å². The molecule has 4 heteroatoms. The first-order valence-corrected chi connectivity index (χ1v) is 10.1. The van der Waals surface area contributed by atoms with Crippen LogP contribution in [0.1, 0.15) is 44.3 Å². The van der Waals surface area contributed by atoms with Gasteiger partial charge in [0, 0.05) is 19.6 Å². The molecule has 0 N–H and O–H groups in total. The van der Waals surface area contributed by atoms with Crippen LogP contribution in [0, 0.1) is 0 Å². The predicted octanol–water partition coefficient (Wildman–Crippen LogP) is 5.42. The van der Waals surface area contributed by atoms with E-state index in [1.54, 1.807) is 0 Å². The van der Waals surface area contributed by atoms with E-state index in [-0.39, 0.29) is 6.10 Å². The van der Waals surface area contributed by atoms with Crippen molar-refractivity contribution in [3.63, 3.8) is 0 Å². The lowest BCUT2D eigenvalue weighted by Gasteiger charge is -2.28. The highest BCUT2D eigenvalue weighted by Gasteiger charge is 2.17. The van der Waals surface area contributed by atoms with Gasteiger partial charge in [-0.15, -0.1) is 0 Å². The maximum absolute atomic E-state index is 13.1. The molecule has 3 rings (SSSR count). The van der Waals surface area contributed by atoms with E-state index >= 15 is 0 Å². The monoisotopic (exact) mass is 371 g/mol. The van der Waals surface area contributed by atoms with Gasteiger partial charge in [-0.3, -0.25) is 0 Å². The van der Waals surface area contributed by atoms with Gasteiger partial charge in [0.05, 0.1) is 6.61 Å². The molecule has 2 aromatic rings. The van der Waals surface area contributed by atoms with Crippen molar-refractivity contribution in [3.05, 3.63) is 60.2 Å². The highest BCUT2D eigenvalue weighted by Crippen LogP contribution is 2.26. The number of nitrogens with zero attached hydrogens (tertiary/aromatic N) is 1. The van der Waals surface area contributed by atoms with Gasteiger partial charge in [0.2, 0.25) is 0 Å². The molecular formula is C23H30FNO2. The minimum absolute atomic E-state index is 0.0416. The lowest BCUT2D eigenvalue weighted by Crippen LogP contribution is -2.35. The molecular weight excluding hydrogens is 341 g/mol. The third-order valence-corrected chi connectivity index (χ3v) is 5.05. The maximum atomic E-state index is 13.1. The van der Waals surface area contributed by atoms with E-state index in [4.69, 9.17) is 9.47 Å². The topological polar surface area (TPSA) is 21.7 Å². The van der Waals surface area contributed by atoms with Crippen LogP contribution >= 0.6 is 0 Å². The molecule has 0 spiro atoms. The average molecular weight is 371 g/mol. The largest absolute Gasteiger partial charge is 0.494 e. The molecule has 0 radical (unpaired) electrons. The zero-order chi connectivity index (χ0) is 18.9. The molecule has 0 saturated carbocycles. The average Bonchev–Trinajstić information content (AvgIpc) is 2.72. The number of rotatable bonds is 9. The molecule has 1 aliphatic heterocycles. The predicted molar refractivity (Wildman–Crippen MR) is 107 cm³/mol. The minimum atomic E-state index is -0.603. The van der Waals surface area contributed by atoms with Crippen LogP contribution in [0.5, 0.6) is 11.5 Å². The van der Waals surface area contributed by atoms with Crippen LogP contribution < -0.4 is 9.47 Å². The summed E-state index contributed by atoms with van der Waals surface area (Å²) in [7, 11) is 0. The molecule has 1 heterocycles. The maximum Gasteiger partial charge on any atom is 0.123 e. The van der Waals surface area contributed by atoms with Crippen molar-refractivity contribution >= 4 is 0 Å². The summed E-state index contributed by atoms with van der Waals surface area (Å²) in [6, 6.07) is 18.1. The molecule has 0 aromatic heterocycles. The van der Waals surface area contributed by atoms with Gasteiger partial charge in [0.1, 0.15) is 23.8 Å². The third kappa shape index (κ3) is 6.24. The van der Waals surface area contributed by atoms with E-state index in [0.29, 0.717) is 19.4 Å². The van der Waals surface area contributed by atoms with Crippen LogP contribution in [-0.4, -0.2) is 37.3 Å². The van der Waals surface area contributed by atoms with E-state index in [2.05, 4.69) is 24.0 Å². The molecule has 1 aliphatic rings. The van der Waals surface area contributed by atoms with E-state index in [0.717, 1.165) is 49.5 Å². The Hall–Kier alpha value is -2.07. The first kappa shape index (κ1) is 19.7. The molecule has 3 nitrogen and oxygen atoms in total. The number of halogens is 1. The molecule has 2 aromatic carbocycles. The molecule has 0 bridgehead atoms. The summed E-state index contributed by atoms with van der Waals surface area (Å²) in [5.74, 6) is 1.78. The number of hydrogen-bond donors (Lipinski definition) is 0. The summed E-state index contributed by atoms with van der Waals surface area (Å²) in [5, 5.41) is 0. The van der Waals surface area contributed by atoms with E-state index in [1.165, 1.54) is 0 Å². The summed E-state index contributed by atoms with van der Waals surface area (Å²) in [4.78, 5) is 2.33. The SMILES string of the molecule is CCC(Oc1ccccc1)c1ccc(OCCCN2CCC(F)CC2)cc1. The second-order valence-corrected chi connectivity index (χ2v) is 7.12. The second kappa shape index (κ2) is 10.3. The number of para-hydroxylation sites is 1. The van der Waals surface area contributed by atoms with Gasteiger partial charge in [0.25, 0.3) is 0 Å². The molecule has 1 fully saturated rings. The number of ether oxygens (including phenoxy) is 2. The Balaban J connectivity index is 1.42. The van der Waals surface area contributed by atoms with E-state index < -0.39 is 6.17 Å². The summed E-state index contributed by atoms with van der Waals surface area (Å²) >= 11 is 0. The van der Waals surface area contributed by atoms with Gasteiger partial charge in [-0.1, -0.05) is 37.3 Å². The van der Waals surface area contributed by atoms with Crippen LogP contribution in [0.25, 0.3) is 0 Å². The number of hydrogen-bond acceptors (Lipinski definition) is 3. The zero-order valence-corrected chi connectivity index (χ0v) is 16.1. The van der Waals surface area contributed by atoms with Gasteiger partial charge in [0.15, 0.2) is 0 Å². The van der Waals surface area contributed by atoms with Crippen molar-refractivity contribution in [1.82, 2.24) is 4.90 Å². The Labute approximate surface area is 162 Å². The Morgan fingerprint density at radius 1 is 1.00 bits per heavy atom. The fraction of sp³-hybridized carbons (Fsp3) is 0.478. The Kier molecular flexibility index (Phi) is 7.52. The van der Waals surface area contributed by atoms with Crippen LogP contribution in [-0.2, 0) is 0 Å². The fourth-order valence-electron chi connectivity index (χ4n) is 3.43. The van der Waals surface area contributed by atoms with Gasteiger partial charge in [-0.25, -0.2) is 4.39 Å². The van der Waals surface area contributed by atoms with Crippen LogP contribution in [0.15, 0.2) is 54.6 Å². The molecule has 1 atom stereocenters. The van der Waals surface area contributed by atoms with Crippen molar-refractivity contribution < 1.29 is 13.9 Å². The summed E-state index contributed by atoms with van der Waals surface area (Å²) < 4.78 is 25.1. The number of alkyl halides is 1. The first-order chi connectivity index (χ1) is 13.2. The Morgan fingerprint density at radius 3 is 2.37 bits per heavy atom. The number of benzene rings is 2. The summed E-state index contributed by atoms with van der Waals surface area (Å²) in [5.41, 5.74) is 1.16. The fourth-order valence-corrected chi connectivity index (χ4v) is 3.43. The van der Waals surface area contributed by atoms with Crippen molar-refractivity contribution in [2.24, 2.45) is 0 Å². The highest BCUT2D eigenvalue weighted by atomic mass is 19.1. The van der Waals surface area contributed by atoms with Gasteiger partial charge in [-0.05, 0) is 55.5 Å². The standard InChI is InChI=1S/C23H30FNO2/c1-2-23(27-22-7-4-3-5-8-22)19-9-11-21(12-10-19)26-18-6-15-25-16-13-20(24)14-17-25/h3-5,7-12,20,23H,2,6,13-18H2,1H3. The van der Waals surface area contributed by atoms with Crippen LogP contribution in [0.4, 0.5) is 4.39 Å². The molecule has 146 valence electrons. The summed E-state index contributed by atoms with van der Waals surface area (Å²) in [6.45, 7) is 5.54. The lowest BCUT2D eigenvalue weighted by atomic mass is 10.1. The zero-order valence-electron chi connectivity index (χ0n) is 16.1. The number of likely N-dealkylation sites (tertiary alicyclic amines) is 1. The Bertz CT molecular complexity index is 654. The van der Waals surface area contributed by atoms with Crippen LogP contribution in [0.2, 0.25) is 0 Å². The second-order valence-electron chi connectivity index (χ2n) is 7.12. The van der Waals surface area contributed by atoms with Crippen molar-refractivity contribution in [2.45, 2.75) is 44.9 Å². The van der Waals surface area contributed by atoms with Gasteiger partial charge in [-0.2, -0.15) is 0 Å². The van der Waals surface area contributed by atoms with Crippen LogP contribution in [0.3, 0.4) is 0 Å². The molecule has 1 saturated heterocycles. The number of piperidine rings is 1. The third-order valence-electron chi connectivity index (χ3n) is 5.05. The first-order valence-electron chi connectivity index (χ1n) is 10.1. The minimum Gasteiger partial charge on any atom is -0.494 e. The van der Waals surface area contributed by atoms with Gasteiger partial charge < -0.3 is 14.4 Å². The molecule has 1 unspecified atom stereocenters. The lowest BCUT2D eigenvalue weighted by molar-refractivity contribution is 0.143. The smallest absolute Gasteiger partial charge is 0.123 e. The van der Waals surface area contributed by atoms with E-state index in [9.17, 15) is 4.39 Å². The van der Waals surface area contributed by atoms with Gasteiger partial charge >= 0.3 is 0 Å². The normalized spacial score (nSPS) is 16.8. The highest BCUT2D eigenvalue weighted by molar-refractivity contribution is 5.30. The quantitative estimate of drug-likeness (QED) is 0.550. The molecule has 27 heavy (non-hydrogen) atoms. The molecule has 0 amide bonds. The van der Waals surface area contributed by atoms with Crippen molar-refractivity contribution in [3.8, 4) is 11.5 Å². The van der Waals surface area contributed by atoms with E-state index in [1.807, 2.05) is 42.5 Å². The summed E-state index contributed by atoms with van der Waals surface area (Å²) in [6.07, 6.45) is 2.66. The Morgan fingerprint density at radius 2 is 1.70 bits per heavy atom. The van der Waals surface area contributed by atoms with Crippen molar-refractivity contribution in [2.75, 3.05) is 26.2 Å².